The van der Waals surface area contributed by atoms with Crippen molar-refractivity contribution >= 4 is 22.5 Å². The lowest BCUT2D eigenvalue weighted by Gasteiger charge is -2.12. The van der Waals surface area contributed by atoms with E-state index in [2.05, 4.69) is 35.6 Å². The number of likely N-dealkylation sites (N-methyl/N-ethyl adjacent to an activating group) is 1. The third-order valence-corrected chi connectivity index (χ3v) is 4.47. The van der Waals surface area contributed by atoms with Gasteiger partial charge in [-0.05, 0) is 45.2 Å². The summed E-state index contributed by atoms with van der Waals surface area (Å²) in [4.78, 5) is 21.7. The van der Waals surface area contributed by atoms with E-state index in [-0.39, 0.29) is 0 Å². The van der Waals surface area contributed by atoms with Crippen molar-refractivity contribution in [2.45, 2.75) is 13.8 Å². The van der Waals surface area contributed by atoms with Crippen LogP contribution in [0.3, 0.4) is 0 Å². The minimum atomic E-state index is 0.510. The van der Waals surface area contributed by atoms with Gasteiger partial charge in [-0.3, -0.25) is 4.98 Å². The maximum atomic E-state index is 6.03. The molecule has 3 aromatic heterocycles. The zero-order valence-electron chi connectivity index (χ0n) is 17.6. The van der Waals surface area contributed by atoms with Gasteiger partial charge in [-0.2, -0.15) is 0 Å². The van der Waals surface area contributed by atoms with Crippen LogP contribution < -0.4 is 20.1 Å². The average Bonchev–Trinajstić information content (AvgIpc) is 2.78. The molecule has 0 aliphatic rings. The Balaban J connectivity index is 1.57. The number of rotatable bonds is 8. The number of aromatic nitrogens is 5. The van der Waals surface area contributed by atoms with Gasteiger partial charge >= 0.3 is 0 Å². The smallest absolute Gasteiger partial charge is 0.222 e. The first-order valence-electron chi connectivity index (χ1n) is 9.85. The summed E-state index contributed by atoms with van der Waals surface area (Å²) in [5.74, 6) is 3.06. The minimum absolute atomic E-state index is 0.510. The number of fused-ring (bicyclic) bond motifs is 1. The van der Waals surface area contributed by atoms with Gasteiger partial charge in [-0.15, -0.1) is 0 Å². The number of benzene rings is 1. The maximum Gasteiger partial charge on any atom is 0.222 e. The Morgan fingerprint density at radius 1 is 0.903 bits per heavy atom. The molecule has 0 bridgehead atoms. The van der Waals surface area contributed by atoms with Gasteiger partial charge in [0.1, 0.15) is 36.1 Å². The van der Waals surface area contributed by atoms with Crippen molar-refractivity contribution < 1.29 is 9.47 Å². The van der Waals surface area contributed by atoms with E-state index in [4.69, 9.17) is 9.47 Å². The molecule has 0 spiro atoms. The number of anilines is 2. The molecule has 0 fully saturated rings. The number of ether oxygens (including phenoxy) is 2. The van der Waals surface area contributed by atoms with Gasteiger partial charge in [-0.1, -0.05) is 0 Å². The van der Waals surface area contributed by atoms with E-state index in [0.717, 1.165) is 28.7 Å². The molecule has 0 aliphatic heterocycles. The van der Waals surface area contributed by atoms with Crippen LogP contribution in [0.4, 0.5) is 11.6 Å². The molecule has 0 radical (unpaired) electrons. The Kier molecular flexibility index (Phi) is 6.13. The molecule has 1 aromatic carbocycles. The summed E-state index contributed by atoms with van der Waals surface area (Å²) < 4.78 is 11.7. The van der Waals surface area contributed by atoms with E-state index in [9.17, 15) is 0 Å². The molecular formula is C22H23N7O2. The monoisotopic (exact) mass is 417 g/mol. The zero-order valence-corrected chi connectivity index (χ0v) is 17.6. The highest BCUT2D eigenvalue weighted by molar-refractivity contribution is 5.91. The van der Waals surface area contributed by atoms with Crippen molar-refractivity contribution in [1.82, 2.24) is 30.2 Å². The van der Waals surface area contributed by atoms with E-state index in [1.54, 1.807) is 18.6 Å². The molecule has 0 amide bonds. The fraction of sp³-hybridized carbons (Fsp3) is 0.227. The molecule has 0 saturated carbocycles. The number of nitrogens with one attached hydrogen (secondary N) is 2. The van der Waals surface area contributed by atoms with E-state index in [0.29, 0.717) is 35.6 Å². The molecule has 4 rings (SSSR count). The van der Waals surface area contributed by atoms with Gasteiger partial charge in [0.2, 0.25) is 5.88 Å². The first-order chi connectivity index (χ1) is 15.1. The largest absolute Gasteiger partial charge is 0.491 e. The molecule has 2 N–H and O–H groups in total. The van der Waals surface area contributed by atoms with Gasteiger partial charge < -0.3 is 20.1 Å². The zero-order chi connectivity index (χ0) is 21.6. The quantitative estimate of drug-likeness (QED) is 0.416. The second-order valence-electron chi connectivity index (χ2n) is 6.92. The topological polar surface area (TPSA) is 107 Å². The van der Waals surface area contributed by atoms with Gasteiger partial charge in [0.25, 0.3) is 0 Å². The van der Waals surface area contributed by atoms with Crippen molar-refractivity contribution in [2.24, 2.45) is 0 Å². The third-order valence-electron chi connectivity index (χ3n) is 4.47. The lowest BCUT2D eigenvalue weighted by Crippen LogP contribution is -2.16. The molecule has 9 heteroatoms. The van der Waals surface area contributed by atoms with E-state index in [1.165, 1.54) is 6.33 Å². The molecule has 9 nitrogen and oxygen atoms in total. The standard InChI is InChI=1S/C22H23N7O2/c1-14-8-17(30-7-6-23-3)11-26-22(14)31-16-4-5-19-18(9-16)21(28-13-27-19)29-20-12-24-15(2)10-25-20/h4-5,8-13,23H,6-7H2,1-3H3,(H,25,27,28,29). The Labute approximate surface area is 179 Å². The summed E-state index contributed by atoms with van der Waals surface area (Å²) in [7, 11) is 1.88. The molecule has 0 unspecified atom stereocenters. The number of nitrogens with zero attached hydrogens (tertiary/aromatic N) is 5. The Morgan fingerprint density at radius 3 is 2.58 bits per heavy atom. The highest BCUT2D eigenvalue weighted by atomic mass is 16.5. The van der Waals surface area contributed by atoms with Crippen LogP contribution in [0, 0.1) is 13.8 Å². The molecular weight excluding hydrogens is 394 g/mol. The van der Waals surface area contributed by atoms with Gasteiger partial charge in [0, 0.05) is 17.5 Å². The van der Waals surface area contributed by atoms with Crippen LogP contribution in [0.2, 0.25) is 0 Å². The van der Waals surface area contributed by atoms with Crippen LogP contribution >= 0.6 is 0 Å². The maximum absolute atomic E-state index is 6.03. The number of pyridine rings is 1. The highest BCUT2D eigenvalue weighted by Gasteiger charge is 2.10. The highest BCUT2D eigenvalue weighted by Crippen LogP contribution is 2.30. The number of aryl methyl sites for hydroxylation is 2. The SMILES string of the molecule is CNCCOc1cnc(Oc2ccc3ncnc(Nc4cnc(C)cn4)c3c2)c(C)c1. The average molecular weight is 417 g/mol. The van der Waals surface area contributed by atoms with Crippen LogP contribution in [0.15, 0.2) is 49.2 Å². The van der Waals surface area contributed by atoms with E-state index in [1.807, 2.05) is 45.2 Å². The third kappa shape index (κ3) is 5.01. The van der Waals surface area contributed by atoms with E-state index >= 15 is 0 Å². The van der Waals surface area contributed by atoms with Crippen molar-refractivity contribution in [2.75, 3.05) is 25.5 Å². The second-order valence-corrected chi connectivity index (χ2v) is 6.92. The number of hydrogen-bond donors (Lipinski definition) is 2. The van der Waals surface area contributed by atoms with Crippen molar-refractivity contribution in [1.29, 1.82) is 0 Å². The van der Waals surface area contributed by atoms with Gasteiger partial charge in [-0.25, -0.2) is 19.9 Å². The van der Waals surface area contributed by atoms with Crippen LogP contribution in [-0.2, 0) is 0 Å². The van der Waals surface area contributed by atoms with E-state index < -0.39 is 0 Å². The molecule has 4 aromatic rings. The lowest BCUT2D eigenvalue weighted by atomic mass is 10.2. The summed E-state index contributed by atoms with van der Waals surface area (Å²) in [6, 6.07) is 7.51. The first kappa shape index (κ1) is 20.4. The lowest BCUT2D eigenvalue weighted by molar-refractivity contribution is 0.315. The normalized spacial score (nSPS) is 10.8. The summed E-state index contributed by atoms with van der Waals surface area (Å²) >= 11 is 0. The molecule has 31 heavy (non-hydrogen) atoms. The molecule has 0 aliphatic carbocycles. The Morgan fingerprint density at radius 2 is 1.81 bits per heavy atom. The van der Waals surface area contributed by atoms with Crippen molar-refractivity contribution in [3.8, 4) is 17.4 Å². The van der Waals surface area contributed by atoms with Crippen molar-refractivity contribution in [3.05, 3.63) is 60.4 Å². The van der Waals surface area contributed by atoms with Gasteiger partial charge in [0.05, 0.1) is 29.8 Å². The molecule has 0 atom stereocenters. The van der Waals surface area contributed by atoms with Gasteiger partial charge in [0.15, 0.2) is 0 Å². The predicted molar refractivity (Wildman–Crippen MR) is 118 cm³/mol. The summed E-state index contributed by atoms with van der Waals surface area (Å²) in [5, 5.41) is 7.03. The fourth-order valence-corrected chi connectivity index (χ4v) is 2.88. The van der Waals surface area contributed by atoms with Crippen LogP contribution in [-0.4, -0.2) is 45.1 Å². The van der Waals surface area contributed by atoms with Crippen molar-refractivity contribution in [3.63, 3.8) is 0 Å². The molecule has 158 valence electrons. The fourth-order valence-electron chi connectivity index (χ4n) is 2.88. The van der Waals surface area contributed by atoms with Crippen LogP contribution in [0.5, 0.6) is 17.4 Å². The minimum Gasteiger partial charge on any atom is -0.491 e. The second kappa shape index (κ2) is 9.31. The summed E-state index contributed by atoms with van der Waals surface area (Å²) in [6.45, 7) is 5.16. The van der Waals surface area contributed by atoms with Crippen LogP contribution in [0.1, 0.15) is 11.3 Å². The summed E-state index contributed by atoms with van der Waals surface area (Å²) in [5.41, 5.74) is 2.50. The summed E-state index contributed by atoms with van der Waals surface area (Å²) in [6.07, 6.45) is 6.52. The number of hydrogen-bond acceptors (Lipinski definition) is 9. The van der Waals surface area contributed by atoms with Crippen LogP contribution in [0.25, 0.3) is 10.9 Å². The first-order valence-corrected chi connectivity index (χ1v) is 9.85. The Bertz CT molecular complexity index is 1180. The molecule has 0 saturated heterocycles. The Hall–Kier alpha value is -3.85. The predicted octanol–water partition coefficient (Wildman–Crippen LogP) is 3.57. The molecule has 3 heterocycles.